The molecular formula is C37H74ClLiO11Si2. The minimum Gasteiger partial charge on any atom is -0.876 e. The molecule has 15 heteroatoms. The van der Waals surface area contributed by atoms with Gasteiger partial charge >= 0.3 is 35.5 Å². The maximum absolute atomic E-state index is 9.33. The second-order valence-corrected chi connectivity index (χ2v) is 20.4. The van der Waals surface area contributed by atoms with Crippen LogP contribution in [0.1, 0.15) is 90.5 Å². The normalized spacial score (nSPS) is 21.9. The largest absolute Gasteiger partial charge is 1.00 e. The topological polar surface area (TPSA) is 115 Å². The molecule has 0 saturated carbocycles. The van der Waals surface area contributed by atoms with Crippen LogP contribution in [0.3, 0.4) is 0 Å². The molecule has 2 aliphatic heterocycles. The van der Waals surface area contributed by atoms with Crippen LogP contribution in [-0.4, -0.2) is 105 Å². The van der Waals surface area contributed by atoms with E-state index in [9.17, 15) is 5.11 Å². The van der Waals surface area contributed by atoms with Crippen LogP contribution in [0.15, 0.2) is 50.0 Å². The van der Waals surface area contributed by atoms with Gasteiger partial charge in [-0.05, 0) is 76.2 Å². The van der Waals surface area contributed by atoms with Crippen LogP contribution in [0.25, 0.3) is 0 Å². The van der Waals surface area contributed by atoms with Crippen molar-refractivity contribution in [1.29, 1.82) is 0 Å². The zero-order chi connectivity index (χ0) is 39.8. The molecule has 2 aliphatic rings. The van der Waals surface area contributed by atoms with Crippen LogP contribution < -0.4 is 24.0 Å². The van der Waals surface area contributed by atoms with Crippen molar-refractivity contribution in [1.82, 2.24) is 0 Å². The predicted octanol–water partition coefficient (Wildman–Crippen LogP) is 4.84. The van der Waals surface area contributed by atoms with Crippen LogP contribution in [0.4, 0.5) is 0 Å². The third-order valence-electron chi connectivity index (χ3n) is 8.13. The SMILES string of the molecule is C.C=C(C)[O-].C=CC[Si]1(Cl)O[C@@H](C(C)(C)OC)[C@H](C(C)(C)OC)O1.C=CC[Si]1(OC(=C)C)O[C@@H](C(C)(C)OC)[C@H](C(C)(C)OC)O1.CCOCC.[Li+]. The van der Waals surface area contributed by atoms with Gasteiger partial charge in [0.1, 0.15) is 24.4 Å². The summed E-state index contributed by atoms with van der Waals surface area (Å²) in [5.74, 6) is 0.485. The number of rotatable bonds is 16. The third kappa shape index (κ3) is 18.9. The van der Waals surface area contributed by atoms with Crippen LogP contribution in [0.5, 0.6) is 0 Å². The molecule has 11 nitrogen and oxygen atoms in total. The maximum Gasteiger partial charge on any atom is 1.00 e. The second-order valence-electron chi connectivity index (χ2n) is 14.0. The zero-order valence-electron chi connectivity index (χ0n) is 35.0. The van der Waals surface area contributed by atoms with E-state index >= 15 is 0 Å². The molecule has 4 atom stereocenters. The van der Waals surface area contributed by atoms with Gasteiger partial charge < -0.3 is 50.9 Å². The molecule has 0 N–H and O–H groups in total. The number of methoxy groups -OCH3 is 4. The second kappa shape index (κ2) is 25.6. The first-order chi connectivity index (χ1) is 22.8. The van der Waals surface area contributed by atoms with Crippen molar-refractivity contribution >= 4 is 27.8 Å². The molecule has 52 heavy (non-hydrogen) atoms. The van der Waals surface area contributed by atoms with E-state index in [1.807, 2.05) is 69.2 Å². The molecule has 0 unspecified atom stereocenters. The molecule has 0 aliphatic carbocycles. The molecular weight excluding hydrogens is 719 g/mol. The minimum absolute atomic E-state index is 0. The third-order valence-corrected chi connectivity index (χ3v) is 13.8. The van der Waals surface area contributed by atoms with Crippen molar-refractivity contribution in [3.63, 3.8) is 0 Å². The fourth-order valence-electron chi connectivity index (χ4n) is 4.66. The first-order valence-corrected chi connectivity index (χ1v) is 21.8. The number of hydrogen-bond donors (Lipinski definition) is 0. The number of hydrogen-bond acceptors (Lipinski definition) is 11. The molecule has 0 aromatic rings. The van der Waals surface area contributed by atoms with Gasteiger partial charge in [-0.15, -0.1) is 25.5 Å². The molecule has 0 aromatic carbocycles. The summed E-state index contributed by atoms with van der Waals surface area (Å²) < 4.78 is 57.8. The smallest absolute Gasteiger partial charge is 0.876 e. The van der Waals surface area contributed by atoms with Crippen molar-refractivity contribution < 1.29 is 69.8 Å². The van der Waals surface area contributed by atoms with Crippen LogP contribution in [-0.2, 0) is 45.8 Å². The summed E-state index contributed by atoms with van der Waals surface area (Å²) in [5, 5.41) is 9.33. The number of allylic oxidation sites excluding steroid dienone is 4. The van der Waals surface area contributed by atoms with Crippen molar-refractivity contribution in [3.05, 3.63) is 50.0 Å². The first-order valence-electron chi connectivity index (χ1n) is 16.9. The molecule has 0 spiro atoms. The average Bonchev–Trinajstić information content (AvgIpc) is 3.58. The summed E-state index contributed by atoms with van der Waals surface area (Å²) in [7, 11) is 0.914. The van der Waals surface area contributed by atoms with Gasteiger partial charge in [0.15, 0.2) is 0 Å². The summed E-state index contributed by atoms with van der Waals surface area (Å²) in [6.45, 7) is 38.9. The summed E-state index contributed by atoms with van der Waals surface area (Å²) >= 11 is 6.50. The van der Waals surface area contributed by atoms with E-state index in [1.165, 1.54) is 6.92 Å². The standard InChI is InChI=1S/C16H30O5Si.C13H25ClO4Si.C4H10O.C3H6O.CH4.Li/c1-10-11-22(19-12(2)3)20-13(15(4,5)17-8)14(21-22)16(6,7)18-9;1-8-9-19(14)17-10(12(2,3)15-6)11(18-19)13(4,5)16-7;1-3-5-4-2;1-3(2)4;;/h10,13-14H,1-2,11H2,3-9H3;8,10-11H,1,9H2,2-7H3;3-4H2,1-2H3;4H,1H2,2H3;1H4;/q;;;;;+1/p-1/t13-,14-;10-,11-;;;;/m11..../s1. The minimum atomic E-state index is -2.95. The van der Waals surface area contributed by atoms with Crippen molar-refractivity contribution in [3.8, 4) is 0 Å². The summed E-state index contributed by atoms with van der Waals surface area (Å²) in [6.07, 6.45) is 2.29. The summed E-state index contributed by atoms with van der Waals surface area (Å²) in [6, 6.07) is 1.04. The Balaban J connectivity index is -0.000000350. The van der Waals surface area contributed by atoms with Gasteiger partial charge in [-0.25, -0.2) is 0 Å². The Kier molecular flexibility index (Phi) is 28.7. The van der Waals surface area contributed by atoms with Gasteiger partial charge in [0.2, 0.25) is 0 Å². The number of halogens is 1. The van der Waals surface area contributed by atoms with Crippen molar-refractivity contribution in [2.24, 2.45) is 0 Å². The van der Waals surface area contributed by atoms with E-state index in [1.54, 1.807) is 47.5 Å². The van der Waals surface area contributed by atoms with Gasteiger partial charge in [-0.1, -0.05) is 44.2 Å². The van der Waals surface area contributed by atoms with E-state index in [4.69, 9.17) is 56.9 Å². The summed E-state index contributed by atoms with van der Waals surface area (Å²) in [4.78, 5) is 0. The Hall–Kier alpha value is -0.479. The average molecular weight is 794 g/mol. The molecule has 2 fully saturated rings. The van der Waals surface area contributed by atoms with Crippen molar-refractivity contribution in [2.75, 3.05) is 41.7 Å². The molecule has 304 valence electrons. The first kappa shape index (κ1) is 58.2. The van der Waals surface area contributed by atoms with E-state index in [0.29, 0.717) is 17.8 Å². The Morgan fingerprint density at radius 3 is 1.13 bits per heavy atom. The van der Waals surface area contributed by atoms with Gasteiger partial charge in [0.05, 0.1) is 28.2 Å². The Bertz CT molecular complexity index is 989. The molecule has 2 saturated heterocycles. The maximum atomic E-state index is 9.33. The quantitative estimate of drug-likeness (QED) is 0.0926. The Morgan fingerprint density at radius 2 is 0.942 bits per heavy atom. The van der Waals surface area contributed by atoms with Gasteiger partial charge in [-0.3, -0.25) is 0 Å². The molecule has 0 amide bonds. The van der Waals surface area contributed by atoms with Crippen molar-refractivity contribution in [2.45, 2.75) is 149 Å². The van der Waals surface area contributed by atoms with Crippen LogP contribution in [0, 0.1) is 0 Å². The fraction of sp³-hybridized carbons (Fsp3) is 0.784. The van der Waals surface area contributed by atoms with Crippen LogP contribution >= 0.6 is 11.1 Å². The Morgan fingerprint density at radius 1 is 0.673 bits per heavy atom. The Labute approximate surface area is 337 Å². The van der Waals surface area contributed by atoms with Crippen LogP contribution in [0.2, 0.25) is 12.1 Å². The van der Waals surface area contributed by atoms with Gasteiger partial charge in [0, 0.05) is 53.7 Å². The van der Waals surface area contributed by atoms with E-state index < -0.39 is 39.1 Å². The summed E-state index contributed by atoms with van der Waals surface area (Å²) in [5.41, 5.74) is -2.11. The van der Waals surface area contributed by atoms with E-state index in [0.717, 1.165) is 13.2 Å². The molecule has 2 rings (SSSR count). The fourth-order valence-corrected chi connectivity index (χ4v) is 10.6. The molecule has 0 bridgehead atoms. The number of ether oxygens (including phenoxy) is 5. The molecule has 2 heterocycles. The molecule has 0 radical (unpaired) electrons. The van der Waals surface area contributed by atoms with Gasteiger partial charge in [-0.2, -0.15) is 0 Å². The molecule has 0 aromatic heterocycles. The van der Waals surface area contributed by atoms with E-state index in [2.05, 4.69) is 26.3 Å². The zero-order valence-corrected chi connectivity index (χ0v) is 37.7. The monoisotopic (exact) mass is 792 g/mol. The van der Waals surface area contributed by atoms with E-state index in [-0.39, 0.29) is 56.5 Å². The predicted molar refractivity (Wildman–Crippen MR) is 211 cm³/mol. The van der Waals surface area contributed by atoms with Gasteiger partial charge in [0.25, 0.3) is 0 Å².